The molecule has 1 N–H and O–H groups in total. The van der Waals surface area contributed by atoms with Crippen LogP contribution in [0.15, 0.2) is 65.3 Å². The normalized spacial score (nSPS) is 14.9. The van der Waals surface area contributed by atoms with E-state index in [2.05, 4.69) is 20.4 Å². The summed E-state index contributed by atoms with van der Waals surface area (Å²) in [5.74, 6) is -0.348. The van der Waals surface area contributed by atoms with Crippen molar-refractivity contribution in [3.05, 3.63) is 70.8 Å². The maximum absolute atomic E-state index is 12.8. The lowest BCUT2D eigenvalue weighted by Gasteiger charge is -2.23. The number of carbonyl (C=O) groups is 2. The van der Waals surface area contributed by atoms with E-state index >= 15 is 0 Å². The Labute approximate surface area is 178 Å². The third-order valence-corrected chi connectivity index (χ3v) is 5.79. The molecule has 0 saturated carbocycles. The Hall–Kier alpha value is -3.39. The summed E-state index contributed by atoms with van der Waals surface area (Å²) in [5, 5.41) is 11.4. The third-order valence-electron chi connectivity index (χ3n) is 4.76. The summed E-state index contributed by atoms with van der Waals surface area (Å²) in [7, 11) is 0. The predicted molar refractivity (Wildman–Crippen MR) is 116 cm³/mol. The van der Waals surface area contributed by atoms with Crippen LogP contribution in [0.4, 0.5) is 0 Å². The summed E-state index contributed by atoms with van der Waals surface area (Å²) in [6.07, 6.45) is 4.06. The molecule has 1 unspecified atom stereocenters. The van der Waals surface area contributed by atoms with Gasteiger partial charge in [0.25, 0.3) is 5.91 Å². The summed E-state index contributed by atoms with van der Waals surface area (Å²) < 4.78 is 0. The highest BCUT2D eigenvalue weighted by Gasteiger charge is 2.26. The number of amides is 2. The number of hydrogen-bond acceptors (Lipinski definition) is 6. The van der Waals surface area contributed by atoms with Gasteiger partial charge >= 0.3 is 0 Å². The van der Waals surface area contributed by atoms with E-state index in [1.165, 1.54) is 16.3 Å². The molecule has 0 fully saturated rings. The molecule has 3 heterocycles. The fourth-order valence-corrected chi connectivity index (χ4v) is 3.96. The molecule has 0 radical (unpaired) electrons. The zero-order valence-electron chi connectivity index (χ0n) is 16.5. The van der Waals surface area contributed by atoms with Crippen LogP contribution in [-0.4, -0.2) is 32.5 Å². The second-order valence-electron chi connectivity index (χ2n) is 6.99. The van der Waals surface area contributed by atoms with Gasteiger partial charge in [0.15, 0.2) is 0 Å². The van der Waals surface area contributed by atoms with Gasteiger partial charge < -0.3 is 5.32 Å². The molecule has 3 aromatic rings. The molecule has 1 atom stereocenters. The summed E-state index contributed by atoms with van der Waals surface area (Å²) in [6.45, 7) is 2.25. The molecule has 7 nitrogen and oxygen atoms in total. The van der Waals surface area contributed by atoms with Gasteiger partial charge in [0.05, 0.1) is 18.3 Å². The van der Waals surface area contributed by atoms with Gasteiger partial charge in [0.2, 0.25) is 5.91 Å². The Kier molecular flexibility index (Phi) is 5.94. The first kappa shape index (κ1) is 19.9. The lowest BCUT2D eigenvalue weighted by atomic mass is 10.1. The highest BCUT2D eigenvalue weighted by molar-refractivity contribution is 7.10. The number of nitrogens with one attached hydrogen (secondary N) is 1. The van der Waals surface area contributed by atoms with Crippen LogP contribution >= 0.6 is 11.3 Å². The third kappa shape index (κ3) is 4.60. The molecule has 8 heteroatoms. The standard InChI is InChI=1S/C22H21N5O2S/c1-15(22-25-19(14-30-22)17-9-11-23-12-10-17)24-21(29)18-7-8-20(28)27(26-18)13-16-5-3-2-4-6-16/h2-6,9-12,14-15H,7-8,13H2,1H3,(H,24,29). The van der Waals surface area contributed by atoms with Gasteiger partial charge in [-0.1, -0.05) is 30.3 Å². The number of rotatable bonds is 6. The number of aromatic nitrogens is 2. The minimum Gasteiger partial charge on any atom is -0.342 e. The number of hydrazone groups is 1. The average molecular weight is 420 g/mol. The highest BCUT2D eigenvalue weighted by atomic mass is 32.1. The van der Waals surface area contributed by atoms with E-state index in [1.54, 1.807) is 12.4 Å². The van der Waals surface area contributed by atoms with Crippen molar-refractivity contribution >= 4 is 28.9 Å². The highest BCUT2D eigenvalue weighted by Crippen LogP contribution is 2.25. The minimum atomic E-state index is -0.270. The largest absolute Gasteiger partial charge is 0.342 e. The molecule has 1 aliphatic rings. The Balaban J connectivity index is 1.43. The van der Waals surface area contributed by atoms with Crippen molar-refractivity contribution in [3.63, 3.8) is 0 Å². The number of thiazole rings is 1. The van der Waals surface area contributed by atoms with Crippen molar-refractivity contribution in [1.82, 2.24) is 20.3 Å². The topological polar surface area (TPSA) is 87.5 Å². The maximum atomic E-state index is 12.8. The number of hydrogen-bond donors (Lipinski definition) is 1. The van der Waals surface area contributed by atoms with Crippen molar-refractivity contribution in [2.24, 2.45) is 5.10 Å². The molecule has 0 aliphatic carbocycles. The average Bonchev–Trinajstić information content (AvgIpc) is 3.27. The van der Waals surface area contributed by atoms with Crippen LogP contribution in [0.2, 0.25) is 0 Å². The minimum absolute atomic E-state index is 0.0784. The SMILES string of the molecule is CC(NC(=O)C1=NN(Cc2ccccc2)C(=O)CC1)c1nc(-c2ccncc2)cs1. The van der Waals surface area contributed by atoms with Crippen LogP contribution in [-0.2, 0) is 16.1 Å². The van der Waals surface area contributed by atoms with Gasteiger partial charge in [-0.15, -0.1) is 11.3 Å². The molecule has 0 saturated heterocycles. The van der Waals surface area contributed by atoms with Crippen molar-refractivity contribution in [1.29, 1.82) is 0 Å². The molecule has 152 valence electrons. The van der Waals surface area contributed by atoms with E-state index in [0.717, 1.165) is 21.8 Å². The number of carbonyl (C=O) groups excluding carboxylic acids is 2. The fourth-order valence-electron chi connectivity index (χ4n) is 3.13. The molecule has 0 spiro atoms. The van der Waals surface area contributed by atoms with Crippen molar-refractivity contribution in [2.45, 2.75) is 32.4 Å². The molecular weight excluding hydrogens is 398 g/mol. The van der Waals surface area contributed by atoms with Crippen molar-refractivity contribution < 1.29 is 9.59 Å². The first-order valence-corrected chi connectivity index (χ1v) is 10.6. The smallest absolute Gasteiger partial charge is 0.268 e. The Morgan fingerprint density at radius 1 is 1.17 bits per heavy atom. The van der Waals surface area contributed by atoms with Crippen molar-refractivity contribution in [2.75, 3.05) is 0 Å². The van der Waals surface area contributed by atoms with E-state index < -0.39 is 0 Å². The number of nitrogens with zero attached hydrogens (tertiary/aromatic N) is 4. The molecule has 2 aromatic heterocycles. The van der Waals surface area contributed by atoms with Crippen LogP contribution in [0.3, 0.4) is 0 Å². The van der Waals surface area contributed by atoms with Gasteiger partial charge in [-0.05, 0) is 24.6 Å². The molecular formula is C22H21N5O2S. The monoisotopic (exact) mass is 419 g/mol. The quantitative estimate of drug-likeness (QED) is 0.662. The summed E-state index contributed by atoms with van der Waals surface area (Å²) in [4.78, 5) is 33.6. The Bertz CT molecular complexity index is 1070. The predicted octanol–water partition coefficient (Wildman–Crippen LogP) is 3.56. The van der Waals surface area contributed by atoms with Crippen molar-refractivity contribution in [3.8, 4) is 11.3 Å². The van der Waals surface area contributed by atoms with Crippen LogP contribution in [0.5, 0.6) is 0 Å². The maximum Gasteiger partial charge on any atom is 0.268 e. The van der Waals surface area contributed by atoms with Crippen LogP contribution in [0.25, 0.3) is 11.3 Å². The summed E-state index contributed by atoms with van der Waals surface area (Å²) in [6, 6.07) is 13.1. The number of benzene rings is 1. The summed E-state index contributed by atoms with van der Waals surface area (Å²) in [5.41, 5.74) is 3.17. The second-order valence-corrected chi connectivity index (χ2v) is 7.88. The molecule has 2 amide bonds. The molecule has 0 bridgehead atoms. The molecule has 4 rings (SSSR count). The zero-order chi connectivity index (χ0) is 20.9. The van der Waals surface area contributed by atoms with E-state index in [0.29, 0.717) is 18.7 Å². The first-order chi connectivity index (χ1) is 14.6. The fraction of sp³-hybridized carbons (Fsp3) is 0.227. The van der Waals surface area contributed by atoms with Crippen LogP contribution in [0, 0.1) is 0 Å². The van der Waals surface area contributed by atoms with E-state index in [-0.39, 0.29) is 24.3 Å². The van der Waals surface area contributed by atoms with Gasteiger partial charge in [0, 0.05) is 36.2 Å². The van der Waals surface area contributed by atoms with E-state index in [9.17, 15) is 9.59 Å². The van der Waals surface area contributed by atoms with Crippen LogP contribution < -0.4 is 5.32 Å². The molecule has 1 aromatic carbocycles. The van der Waals surface area contributed by atoms with Gasteiger partial charge in [-0.25, -0.2) is 9.99 Å². The summed E-state index contributed by atoms with van der Waals surface area (Å²) >= 11 is 1.49. The van der Waals surface area contributed by atoms with E-state index in [4.69, 9.17) is 0 Å². The molecule has 30 heavy (non-hydrogen) atoms. The first-order valence-electron chi connectivity index (χ1n) is 9.68. The molecule has 1 aliphatic heterocycles. The Morgan fingerprint density at radius 3 is 2.70 bits per heavy atom. The zero-order valence-corrected chi connectivity index (χ0v) is 17.3. The lowest BCUT2D eigenvalue weighted by Crippen LogP contribution is -2.39. The number of pyridine rings is 1. The van der Waals surface area contributed by atoms with Gasteiger partial charge in [-0.3, -0.25) is 14.6 Å². The lowest BCUT2D eigenvalue weighted by molar-refractivity contribution is -0.132. The van der Waals surface area contributed by atoms with E-state index in [1.807, 2.05) is 54.8 Å². The van der Waals surface area contributed by atoms with Crippen LogP contribution in [0.1, 0.15) is 36.4 Å². The van der Waals surface area contributed by atoms with Gasteiger partial charge in [-0.2, -0.15) is 5.10 Å². The Morgan fingerprint density at radius 2 is 1.93 bits per heavy atom. The second kappa shape index (κ2) is 8.96. The van der Waals surface area contributed by atoms with Gasteiger partial charge in [0.1, 0.15) is 10.7 Å².